The Bertz CT molecular complexity index is 478. The van der Waals surface area contributed by atoms with Crippen LogP contribution in [0.5, 0.6) is 0 Å². The number of hydrogen-bond donors (Lipinski definition) is 1. The molecule has 1 aliphatic heterocycles. The van der Waals surface area contributed by atoms with Crippen LogP contribution in [0.25, 0.3) is 0 Å². The van der Waals surface area contributed by atoms with Crippen molar-refractivity contribution in [3.8, 4) is 0 Å². The third-order valence-electron chi connectivity index (χ3n) is 3.46. The first-order chi connectivity index (χ1) is 8.97. The average Bonchev–Trinajstić information content (AvgIpc) is 2.89. The van der Waals surface area contributed by atoms with Crippen LogP contribution in [0.4, 0.5) is 5.82 Å². The van der Waals surface area contributed by atoms with E-state index in [1.165, 1.54) is 18.6 Å². The molecule has 0 radical (unpaired) electrons. The van der Waals surface area contributed by atoms with Crippen molar-refractivity contribution < 1.29 is 9.53 Å². The van der Waals surface area contributed by atoms with Crippen LogP contribution in [0, 0.1) is 6.92 Å². The Morgan fingerprint density at radius 1 is 1.63 bits per heavy atom. The van der Waals surface area contributed by atoms with Crippen LogP contribution in [0.3, 0.4) is 0 Å². The first kappa shape index (κ1) is 14.2. The molecule has 0 bridgehead atoms. The van der Waals surface area contributed by atoms with Crippen molar-refractivity contribution in [3.63, 3.8) is 0 Å². The number of carbonyl (C=O) groups excluding carboxylic acids is 1. The number of aryl methyl sites for hydroxylation is 1. The van der Waals surface area contributed by atoms with E-state index < -0.39 is 5.97 Å². The molecule has 0 saturated carbocycles. The molecule has 0 aromatic carbocycles. The lowest BCUT2D eigenvalue weighted by molar-refractivity contribution is 0.0521. The van der Waals surface area contributed by atoms with E-state index in [-0.39, 0.29) is 10.4 Å². The highest BCUT2D eigenvalue weighted by Gasteiger charge is 2.32. The average molecular weight is 283 g/mol. The van der Waals surface area contributed by atoms with E-state index in [9.17, 15) is 4.79 Å². The molecule has 6 heteroatoms. The van der Waals surface area contributed by atoms with E-state index in [1.807, 2.05) is 23.3 Å². The number of imidazole rings is 1. The molecule has 0 aliphatic carbocycles. The van der Waals surface area contributed by atoms with Crippen molar-refractivity contribution in [2.45, 2.75) is 44.9 Å². The van der Waals surface area contributed by atoms with Crippen molar-refractivity contribution >= 4 is 23.5 Å². The molecular formula is C13H21N3O2S. The lowest BCUT2D eigenvalue weighted by Crippen LogP contribution is -2.25. The van der Waals surface area contributed by atoms with Gasteiger partial charge in [-0.2, -0.15) is 11.8 Å². The zero-order valence-electron chi connectivity index (χ0n) is 11.7. The SMILES string of the molecule is CCOC(=O)c1nc(C)n(CC2(C)CCCS2)c1N. The van der Waals surface area contributed by atoms with Gasteiger partial charge >= 0.3 is 5.97 Å². The molecule has 0 spiro atoms. The summed E-state index contributed by atoms with van der Waals surface area (Å²) < 4.78 is 7.09. The van der Waals surface area contributed by atoms with Crippen molar-refractivity contribution in [3.05, 3.63) is 11.5 Å². The van der Waals surface area contributed by atoms with Gasteiger partial charge in [0.05, 0.1) is 6.61 Å². The molecule has 1 saturated heterocycles. The second-order valence-corrected chi connectivity index (χ2v) is 6.78. The van der Waals surface area contributed by atoms with E-state index in [0.717, 1.165) is 12.4 Å². The van der Waals surface area contributed by atoms with Gasteiger partial charge in [-0.25, -0.2) is 9.78 Å². The second kappa shape index (κ2) is 5.45. The van der Waals surface area contributed by atoms with Gasteiger partial charge in [-0.3, -0.25) is 0 Å². The molecule has 2 N–H and O–H groups in total. The summed E-state index contributed by atoms with van der Waals surface area (Å²) in [5, 5.41) is 0. The number of rotatable bonds is 4. The van der Waals surface area contributed by atoms with Gasteiger partial charge < -0.3 is 15.0 Å². The van der Waals surface area contributed by atoms with E-state index >= 15 is 0 Å². The fourth-order valence-electron chi connectivity index (χ4n) is 2.43. The van der Waals surface area contributed by atoms with E-state index in [1.54, 1.807) is 6.92 Å². The Hall–Kier alpha value is -1.17. The Balaban J connectivity index is 2.24. The maximum atomic E-state index is 11.8. The van der Waals surface area contributed by atoms with Gasteiger partial charge in [0.1, 0.15) is 11.6 Å². The largest absolute Gasteiger partial charge is 0.461 e. The van der Waals surface area contributed by atoms with Crippen LogP contribution in [0.15, 0.2) is 0 Å². The fraction of sp³-hybridized carbons (Fsp3) is 0.692. The summed E-state index contributed by atoms with van der Waals surface area (Å²) in [4.78, 5) is 16.0. The smallest absolute Gasteiger partial charge is 0.360 e. The minimum Gasteiger partial charge on any atom is -0.461 e. The molecule has 2 rings (SSSR count). The number of nitrogen functional groups attached to an aromatic ring is 1. The first-order valence-electron chi connectivity index (χ1n) is 6.60. The lowest BCUT2D eigenvalue weighted by atomic mass is 10.1. The molecule has 1 aromatic heterocycles. The predicted octanol–water partition coefficient (Wildman–Crippen LogP) is 2.24. The fourth-order valence-corrected chi connectivity index (χ4v) is 3.72. The normalized spacial score (nSPS) is 22.7. The van der Waals surface area contributed by atoms with Gasteiger partial charge in [0.2, 0.25) is 0 Å². The van der Waals surface area contributed by atoms with Gasteiger partial charge in [0.15, 0.2) is 5.69 Å². The van der Waals surface area contributed by atoms with Crippen LogP contribution in [0.2, 0.25) is 0 Å². The van der Waals surface area contributed by atoms with E-state index in [2.05, 4.69) is 11.9 Å². The minimum atomic E-state index is -0.439. The molecule has 2 heterocycles. The van der Waals surface area contributed by atoms with E-state index in [0.29, 0.717) is 12.4 Å². The highest BCUT2D eigenvalue weighted by atomic mass is 32.2. The van der Waals surface area contributed by atoms with E-state index in [4.69, 9.17) is 10.5 Å². The molecule has 19 heavy (non-hydrogen) atoms. The summed E-state index contributed by atoms with van der Waals surface area (Å²) in [5.41, 5.74) is 6.30. The van der Waals surface area contributed by atoms with Gasteiger partial charge in [0.25, 0.3) is 0 Å². The molecule has 0 amide bonds. The summed E-state index contributed by atoms with van der Waals surface area (Å²) in [7, 11) is 0. The van der Waals surface area contributed by atoms with Crippen molar-refractivity contribution in [1.82, 2.24) is 9.55 Å². The summed E-state index contributed by atoms with van der Waals surface area (Å²) in [6, 6.07) is 0. The number of ether oxygens (including phenoxy) is 1. The van der Waals surface area contributed by atoms with Crippen molar-refractivity contribution in [1.29, 1.82) is 0 Å². The Kier molecular flexibility index (Phi) is 4.08. The highest BCUT2D eigenvalue weighted by molar-refractivity contribution is 8.00. The molecular weight excluding hydrogens is 262 g/mol. The summed E-state index contributed by atoms with van der Waals surface area (Å²) in [5.74, 6) is 1.94. The third-order valence-corrected chi connectivity index (χ3v) is 4.98. The highest BCUT2D eigenvalue weighted by Crippen LogP contribution is 2.39. The summed E-state index contributed by atoms with van der Waals surface area (Å²) in [6.07, 6.45) is 2.41. The molecule has 5 nitrogen and oxygen atoms in total. The van der Waals surface area contributed by atoms with Crippen molar-refractivity contribution in [2.75, 3.05) is 18.1 Å². The second-order valence-electron chi connectivity index (χ2n) is 5.10. The maximum Gasteiger partial charge on any atom is 0.360 e. The number of nitrogens with two attached hydrogens (primary N) is 1. The molecule has 1 atom stereocenters. The van der Waals surface area contributed by atoms with Gasteiger partial charge in [0, 0.05) is 11.3 Å². The molecule has 1 aliphatic rings. The zero-order chi connectivity index (χ0) is 14.0. The Labute approximate surface area is 117 Å². The van der Waals surface area contributed by atoms with Crippen LogP contribution < -0.4 is 5.73 Å². The zero-order valence-corrected chi connectivity index (χ0v) is 12.5. The number of anilines is 1. The van der Waals surface area contributed by atoms with Crippen LogP contribution >= 0.6 is 11.8 Å². The van der Waals surface area contributed by atoms with Gasteiger partial charge in [-0.15, -0.1) is 0 Å². The topological polar surface area (TPSA) is 70.1 Å². The number of hydrogen-bond acceptors (Lipinski definition) is 5. The van der Waals surface area contributed by atoms with Gasteiger partial charge in [-0.1, -0.05) is 0 Å². The Morgan fingerprint density at radius 3 is 2.95 bits per heavy atom. The molecule has 1 fully saturated rings. The number of esters is 1. The first-order valence-corrected chi connectivity index (χ1v) is 7.59. The summed E-state index contributed by atoms with van der Waals surface area (Å²) >= 11 is 1.96. The minimum absolute atomic E-state index is 0.186. The molecule has 1 aromatic rings. The quantitative estimate of drug-likeness (QED) is 0.858. The standard InChI is InChI=1S/C13H21N3O2S/c1-4-18-12(17)10-11(14)16(9(2)15-10)8-13(3)6-5-7-19-13/h4-8,14H2,1-3H3. The predicted molar refractivity (Wildman–Crippen MR) is 77.4 cm³/mol. The summed E-state index contributed by atoms with van der Waals surface area (Å²) in [6.45, 7) is 7.02. The monoisotopic (exact) mass is 283 g/mol. The number of nitrogens with zero attached hydrogens (tertiary/aromatic N) is 2. The molecule has 1 unspecified atom stereocenters. The number of carbonyl (C=O) groups is 1. The van der Waals surface area contributed by atoms with Crippen LogP contribution in [-0.2, 0) is 11.3 Å². The number of aromatic nitrogens is 2. The van der Waals surface area contributed by atoms with Crippen LogP contribution in [-0.4, -0.2) is 32.6 Å². The van der Waals surface area contributed by atoms with Crippen molar-refractivity contribution in [2.24, 2.45) is 0 Å². The third kappa shape index (κ3) is 2.88. The molecule has 106 valence electrons. The van der Waals surface area contributed by atoms with Crippen LogP contribution in [0.1, 0.15) is 43.0 Å². The Morgan fingerprint density at radius 2 is 2.37 bits per heavy atom. The maximum absolute atomic E-state index is 11.8. The van der Waals surface area contributed by atoms with Gasteiger partial charge in [-0.05, 0) is 39.4 Å². The lowest BCUT2D eigenvalue weighted by Gasteiger charge is -2.24. The number of thioether (sulfide) groups is 1.